The molecule has 6 rings (SSSR count). The predicted molar refractivity (Wildman–Crippen MR) is 125 cm³/mol. The van der Waals surface area contributed by atoms with Crippen LogP contribution in [-0.4, -0.2) is 58.7 Å². The first-order valence-electron chi connectivity index (χ1n) is 12.5. The zero-order valence-electron chi connectivity index (χ0n) is 20.0. The van der Waals surface area contributed by atoms with Gasteiger partial charge in [0.05, 0.1) is 17.2 Å². The van der Waals surface area contributed by atoms with E-state index in [0.29, 0.717) is 41.0 Å². The second kappa shape index (κ2) is 7.78. The summed E-state index contributed by atoms with van der Waals surface area (Å²) in [6, 6.07) is 6.57. The molecule has 0 amide bonds. The lowest BCUT2D eigenvalue weighted by Gasteiger charge is -2.48. The van der Waals surface area contributed by atoms with E-state index in [2.05, 4.69) is 15.0 Å². The van der Waals surface area contributed by atoms with E-state index >= 15 is 0 Å². The third-order valence-electron chi connectivity index (χ3n) is 8.74. The summed E-state index contributed by atoms with van der Waals surface area (Å²) in [6.45, 7) is 6.06. The maximum Gasteiger partial charge on any atom is 0.433 e. The van der Waals surface area contributed by atoms with Crippen LogP contribution in [0, 0.1) is 17.3 Å². The van der Waals surface area contributed by atoms with Gasteiger partial charge in [-0.15, -0.1) is 0 Å². The van der Waals surface area contributed by atoms with Gasteiger partial charge in [-0.2, -0.15) is 18.3 Å². The predicted octanol–water partition coefficient (Wildman–Crippen LogP) is 4.55. The van der Waals surface area contributed by atoms with Gasteiger partial charge in [-0.1, -0.05) is 6.07 Å². The van der Waals surface area contributed by atoms with Crippen LogP contribution in [0.5, 0.6) is 0 Å². The Morgan fingerprint density at radius 2 is 1.71 bits per heavy atom. The van der Waals surface area contributed by atoms with Crippen LogP contribution in [0.3, 0.4) is 0 Å². The first kappa shape index (κ1) is 23.5. The van der Waals surface area contributed by atoms with Crippen LogP contribution in [0.15, 0.2) is 24.3 Å². The highest BCUT2D eigenvalue weighted by Gasteiger charge is 2.59. The SMILES string of the molecule is CC(C)n1nc(-c2cccc(C(F)(F)F)n2)cc1[C@H]1[C@@H]2C[C@H](N3CCC4(CC3)CS(=O)(=O)C4)C[C@@H]21. The zero-order chi connectivity index (χ0) is 24.8. The molecule has 0 unspecified atom stereocenters. The van der Waals surface area contributed by atoms with Gasteiger partial charge >= 0.3 is 6.18 Å². The molecule has 2 saturated carbocycles. The number of hydrogen-bond donors (Lipinski definition) is 0. The van der Waals surface area contributed by atoms with E-state index in [9.17, 15) is 21.6 Å². The summed E-state index contributed by atoms with van der Waals surface area (Å²) in [7, 11) is -2.79. The van der Waals surface area contributed by atoms with E-state index in [4.69, 9.17) is 0 Å². The van der Waals surface area contributed by atoms with Gasteiger partial charge in [0.25, 0.3) is 0 Å². The van der Waals surface area contributed by atoms with Crippen LogP contribution in [0.2, 0.25) is 0 Å². The summed E-state index contributed by atoms with van der Waals surface area (Å²) in [5.74, 6) is 2.30. The lowest BCUT2D eigenvalue weighted by molar-refractivity contribution is -0.141. The molecular formula is C25H31F3N4O2S. The Hall–Kier alpha value is -1.94. The number of alkyl halides is 3. The van der Waals surface area contributed by atoms with Crippen molar-refractivity contribution in [1.29, 1.82) is 0 Å². The van der Waals surface area contributed by atoms with Gasteiger partial charge in [-0.25, -0.2) is 13.4 Å². The molecule has 2 aromatic heterocycles. The molecule has 4 heterocycles. The van der Waals surface area contributed by atoms with Crippen molar-refractivity contribution in [1.82, 2.24) is 19.7 Å². The Labute approximate surface area is 203 Å². The second-order valence-corrected chi connectivity index (χ2v) is 13.5. The van der Waals surface area contributed by atoms with Gasteiger partial charge in [-0.3, -0.25) is 4.68 Å². The minimum atomic E-state index is -4.48. The fraction of sp³-hybridized carbons (Fsp3) is 0.680. The first-order valence-corrected chi connectivity index (χ1v) is 14.4. The standard InChI is InChI=1S/C25H31F3N4O2S/c1-15(2)32-21(12-20(30-32)19-4-3-5-22(29-19)25(26,27)28)23-17-10-16(11-18(17)23)31-8-6-24(7-9-31)13-35(33,34)14-24/h3-5,12,15-18,23H,6-11,13-14H2,1-2H3/t16-,17+,18-,23-. The Morgan fingerprint density at radius 3 is 2.29 bits per heavy atom. The van der Waals surface area contributed by atoms with E-state index < -0.39 is 21.7 Å². The summed E-state index contributed by atoms with van der Waals surface area (Å²) in [5.41, 5.74) is 1.00. The number of rotatable bonds is 4. The topological polar surface area (TPSA) is 68.1 Å². The molecule has 2 aliphatic heterocycles. The number of sulfone groups is 1. The van der Waals surface area contributed by atoms with Gasteiger partial charge in [0.2, 0.25) is 0 Å². The zero-order valence-corrected chi connectivity index (χ0v) is 20.8. The number of nitrogens with zero attached hydrogens (tertiary/aromatic N) is 4. The first-order chi connectivity index (χ1) is 16.4. The number of likely N-dealkylation sites (tertiary alicyclic amines) is 1. The van der Waals surface area contributed by atoms with Crippen LogP contribution in [0.4, 0.5) is 13.2 Å². The summed E-state index contributed by atoms with van der Waals surface area (Å²) in [5, 5.41) is 4.67. The fourth-order valence-electron chi connectivity index (χ4n) is 7.02. The van der Waals surface area contributed by atoms with E-state index in [1.807, 2.05) is 24.6 Å². The minimum absolute atomic E-state index is 0.0387. The molecule has 1 spiro atoms. The molecule has 2 aliphatic carbocycles. The highest BCUT2D eigenvalue weighted by Crippen LogP contribution is 2.64. The molecule has 0 N–H and O–H groups in total. The van der Waals surface area contributed by atoms with Crippen molar-refractivity contribution in [2.45, 2.75) is 63.7 Å². The van der Waals surface area contributed by atoms with Crippen molar-refractivity contribution < 1.29 is 21.6 Å². The minimum Gasteiger partial charge on any atom is -0.300 e. The van der Waals surface area contributed by atoms with Crippen LogP contribution in [0.25, 0.3) is 11.4 Å². The number of pyridine rings is 1. The Morgan fingerprint density at radius 1 is 1.06 bits per heavy atom. The summed E-state index contributed by atoms with van der Waals surface area (Å²) in [6.07, 6.45) is -0.269. The number of halogens is 3. The number of aromatic nitrogens is 3. The molecule has 190 valence electrons. The molecule has 35 heavy (non-hydrogen) atoms. The molecule has 0 radical (unpaired) electrons. The molecule has 2 saturated heterocycles. The monoisotopic (exact) mass is 508 g/mol. The molecule has 4 atom stereocenters. The van der Waals surface area contributed by atoms with Gasteiger partial charge in [0.1, 0.15) is 11.4 Å². The number of hydrogen-bond acceptors (Lipinski definition) is 5. The van der Waals surface area contributed by atoms with Gasteiger partial charge in [-0.05, 0) is 82.7 Å². The van der Waals surface area contributed by atoms with E-state index in [0.717, 1.165) is 50.5 Å². The lowest BCUT2D eigenvalue weighted by Crippen LogP contribution is -2.55. The maximum atomic E-state index is 13.2. The second-order valence-electron chi connectivity index (χ2n) is 11.4. The van der Waals surface area contributed by atoms with Crippen molar-refractivity contribution >= 4 is 9.84 Å². The molecule has 4 aliphatic rings. The average Bonchev–Trinajstić information content (AvgIpc) is 3.13. The normalized spacial score (nSPS) is 31.5. The Bertz CT molecular complexity index is 1220. The smallest absolute Gasteiger partial charge is 0.300 e. The van der Waals surface area contributed by atoms with Gasteiger partial charge < -0.3 is 4.90 Å². The van der Waals surface area contributed by atoms with E-state index in [1.54, 1.807) is 6.07 Å². The molecule has 10 heteroatoms. The third-order valence-corrected chi connectivity index (χ3v) is 10.8. The quantitative estimate of drug-likeness (QED) is 0.606. The van der Waals surface area contributed by atoms with Crippen molar-refractivity contribution in [3.05, 3.63) is 35.7 Å². The van der Waals surface area contributed by atoms with Crippen LogP contribution >= 0.6 is 0 Å². The molecule has 4 fully saturated rings. The van der Waals surface area contributed by atoms with Crippen molar-refractivity contribution in [3.8, 4) is 11.4 Å². The third kappa shape index (κ3) is 4.10. The van der Waals surface area contributed by atoms with Crippen LogP contribution in [0.1, 0.15) is 62.9 Å². The highest BCUT2D eigenvalue weighted by molar-refractivity contribution is 7.92. The van der Waals surface area contributed by atoms with Crippen LogP contribution in [-0.2, 0) is 16.0 Å². The summed E-state index contributed by atoms with van der Waals surface area (Å²) in [4.78, 5) is 6.41. The van der Waals surface area contributed by atoms with E-state index in [-0.39, 0.29) is 17.2 Å². The lowest BCUT2D eigenvalue weighted by atomic mass is 9.80. The molecule has 2 aromatic rings. The van der Waals surface area contributed by atoms with Crippen LogP contribution < -0.4 is 0 Å². The maximum absolute atomic E-state index is 13.2. The van der Waals surface area contributed by atoms with Crippen molar-refractivity contribution in [2.24, 2.45) is 17.3 Å². The summed E-state index contributed by atoms with van der Waals surface area (Å²) >= 11 is 0. The number of fused-ring (bicyclic) bond motifs is 1. The van der Waals surface area contributed by atoms with Crippen molar-refractivity contribution in [2.75, 3.05) is 24.6 Å². The van der Waals surface area contributed by atoms with Gasteiger partial charge in [0, 0.05) is 29.1 Å². The molecule has 0 aromatic carbocycles. The van der Waals surface area contributed by atoms with Crippen molar-refractivity contribution in [3.63, 3.8) is 0 Å². The van der Waals surface area contributed by atoms with E-state index in [1.165, 1.54) is 6.07 Å². The average molecular weight is 509 g/mol. The molecular weight excluding hydrogens is 477 g/mol. The Balaban J connectivity index is 1.14. The highest BCUT2D eigenvalue weighted by atomic mass is 32.2. The Kier molecular flexibility index (Phi) is 5.21. The fourth-order valence-corrected chi connectivity index (χ4v) is 9.38. The number of piperidine rings is 1. The molecule has 6 nitrogen and oxygen atoms in total. The largest absolute Gasteiger partial charge is 0.433 e. The molecule has 0 bridgehead atoms. The van der Waals surface area contributed by atoms with Gasteiger partial charge in [0.15, 0.2) is 9.84 Å². The summed E-state index contributed by atoms with van der Waals surface area (Å²) < 4.78 is 64.8.